The highest BCUT2D eigenvalue weighted by atomic mass is 16.1. The molecule has 2 aromatic rings. The monoisotopic (exact) mass is 296 g/mol. The molecule has 0 aromatic heterocycles. The van der Waals surface area contributed by atoms with Crippen LogP contribution in [0.4, 0.5) is 5.69 Å². The van der Waals surface area contributed by atoms with Crippen molar-refractivity contribution in [3.05, 3.63) is 65.7 Å². The number of hydrogen-bond donors (Lipinski definition) is 2. The molecule has 0 heterocycles. The van der Waals surface area contributed by atoms with Gasteiger partial charge in [-0.3, -0.25) is 4.79 Å². The largest absolute Gasteiger partial charge is 0.325 e. The molecule has 3 nitrogen and oxygen atoms in total. The van der Waals surface area contributed by atoms with Crippen molar-refractivity contribution >= 4 is 11.6 Å². The van der Waals surface area contributed by atoms with Crippen LogP contribution in [0.3, 0.4) is 0 Å². The van der Waals surface area contributed by atoms with Crippen LogP contribution < -0.4 is 10.6 Å². The van der Waals surface area contributed by atoms with Gasteiger partial charge in [-0.2, -0.15) is 0 Å². The number of hydrogen-bond acceptors (Lipinski definition) is 2. The van der Waals surface area contributed by atoms with Gasteiger partial charge in [0.2, 0.25) is 5.91 Å². The molecule has 3 heteroatoms. The van der Waals surface area contributed by atoms with E-state index < -0.39 is 0 Å². The Labute approximate surface area is 132 Å². The topological polar surface area (TPSA) is 41.1 Å². The number of anilines is 1. The van der Waals surface area contributed by atoms with Gasteiger partial charge in [0, 0.05) is 11.7 Å². The number of para-hydroxylation sites is 1. The van der Waals surface area contributed by atoms with Gasteiger partial charge in [-0.1, -0.05) is 62.4 Å². The zero-order valence-corrected chi connectivity index (χ0v) is 13.5. The number of carbonyl (C=O) groups is 1. The summed E-state index contributed by atoms with van der Waals surface area (Å²) in [4.78, 5) is 12.1. The molecule has 0 aliphatic heterocycles. The number of nitrogens with one attached hydrogen (secondary N) is 2. The molecule has 0 aliphatic rings. The Morgan fingerprint density at radius 2 is 1.59 bits per heavy atom. The number of amides is 1. The van der Waals surface area contributed by atoms with Crippen LogP contribution >= 0.6 is 0 Å². The maximum absolute atomic E-state index is 12.1. The number of rotatable bonds is 6. The second-order valence-electron chi connectivity index (χ2n) is 5.80. The predicted octanol–water partition coefficient (Wildman–Crippen LogP) is 4.10. The molecular formula is C19H24N2O. The average molecular weight is 296 g/mol. The first-order valence-electron chi connectivity index (χ1n) is 7.75. The molecule has 0 radical (unpaired) electrons. The van der Waals surface area contributed by atoms with Crippen LogP contribution in [0.25, 0.3) is 0 Å². The Balaban J connectivity index is 1.91. The molecule has 0 bridgehead atoms. The maximum Gasteiger partial charge on any atom is 0.238 e. The molecule has 2 aromatic carbocycles. The lowest BCUT2D eigenvalue weighted by Crippen LogP contribution is -2.30. The Kier molecular flexibility index (Phi) is 5.73. The minimum atomic E-state index is -0.0177. The van der Waals surface area contributed by atoms with Crippen molar-refractivity contribution in [2.45, 2.75) is 32.7 Å². The van der Waals surface area contributed by atoms with E-state index in [1.165, 1.54) is 5.56 Å². The van der Waals surface area contributed by atoms with Crippen molar-refractivity contribution < 1.29 is 4.79 Å². The van der Waals surface area contributed by atoms with Crippen molar-refractivity contribution in [1.82, 2.24) is 5.32 Å². The highest BCUT2D eigenvalue weighted by Crippen LogP contribution is 2.23. The van der Waals surface area contributed by atoms with Gasteiger partial charge >= 0.3 is 0 Å². The SMILES string of the molecule is CC(C)c1ccccc1NC(=O)CN[C@H](C)c1ccccc1. The fourth-order valence-corrected chi connectivity index (χ4v) is 2.41. The Hall–Kier alpha value is -2.13. The highest BCUT2D eigenvalue weighted by Gasteiger charge is 2.10. The summed E-state index contributed by atoms with van der Waals surface area (Å²) in [6.07, 6.45) is 0. The smallest absolute Gasteiger partial charge is 0.238 e. The van der Waals surface area contributed by atoms with Crippen molar-refractivity contribution in [2.75, 3.05) is 11.9 Å². The molecule has 1 amide bonds. The van der Waals surface area contributed by atoms with Crippen LogP contribution in [0.15, 0.2) is 54.6 Å². The molecule has 0 aliphatic carbocycles. The third kappa shape index (κ3) is 4.43. The summed E-state index contributed by atoms with van der Waals surface area (Å²) in [5, 5.41) is 6.25. The third-order valence-corrected chi connectivity index (χ3v) is 3.73. The van der Waals surface area contributed by atoms with E-state index in [-0.39, 0.29) is 11.9 Å². The second-order valence-corrected chi connectivity index (χ2v) is 5.80. The molecule has 0 saturated heterocycles. The number of benzene rings is 2. The van der Waals surface area contributed by atoms with E-state index in [0.29, 0.717) is 12.5 Å². The van der Waals surface area contributed by atoms with Gasteiger partial charge in [0.25, 0.3) is 0 Å². The summed E-state index contributed by atoms with van der Waals surface area (Å²) in [5.41, 5.74) is 3.24. The van der Waals surface area contributed by atoms with Gasteiger partial charge in [-0.25, -0.2) is 0 Å². The first-order valence-corrected chi connectivity index (χ1v) is 7.75. The summed E-state index contributed by atoms with van der Waals surface area (Å²) in [6.45, 7) is 6.61. The fourth-order valence-electron chi connectivity index (χ4n) is 2.41. The van der Waals surface area contributed by atoms with E-state index in [2.05, 4.69) is 49.6 Å². The summed E-state index contributed by atoms with van der Waals surface area (Å²) < 4.78 is 0. The number of carbonyl (C=O) groups excluding carboxylic acids is 1. The Bertz CT molecular complexity index is 608. The zero-order chi connectivity index (χ0) is 15.9. The van der Waals surface area contributed by atoms with Crippen LogP contribution in [-0.4, -0.2) is 12.5 Å². The summed E-state index contributed by atoms with van der Waals surface area (Å²) in [5.74, 6) is 0.364. The standard InChI is InChI=1S/C19H24N2O/c1-14(2)17-11-7-8-12-18(17)21-19(22)13-20-15(3)16-9-5-4-6-10-16/h4-12,14-15,20H,13H2,1-3H3,(H,21,22)/t15-/m1/s1. The lowest BCUT2D eigenvalue weighted by molar-refractivity contribution is -0.115. The molecule has 1 atom stereocenters. The van der Waals surface area contributed by atoms with Crippen molar-refractivity contribution in [1.29, 1.82) is 0 Å². The van der Waals surface area contributed by atoms with E-state index in [9.17, 15) is 4.79 Å². The lowest BCUT2D eigenvalue weighted by atomic mass is 10.0. The summed E-state index contributed by atoms with van der Waals surface area (Å²) in [7, 11) is 0. The lowest BCUT2D eigenvalue weighted by Gasteiger charge is -2.16. The van der Waals surface area contributed by atoms with Crippen LogP contribution in [0.5, 0.6) is 0 Å². The maximum atomic E-state index is 12.1. The molecule has 0 saturated carbocycles. The van der Waals surface area contributed by atoms with Crippen LogP contribution in [0.2, 0.25) is 0 Å². The fraction of sp³-hybridized carbons (Fsp3) is 0.316. The molecule has 2 N–H and O–H groups in total. The van der Waals surface area contributed by atoms with Gasteiger partial charge in [0.05, 0.1) is 6.54 Å². The summed E-state index contributed by atoms with van der Waals surface area (Å²) >= 11 is 0. The van der Waals surface area contributed by atoms with Gasteiger partial charge in [0.15, 0.2) is 0 Å². The first-order chi connectivity index (χ1) is 10.6. The van der Waals surface area contributed by atoms with Crippen molar-refractivity contribution in [3.63, 3.8) is 0 Å². The van der Waals surface area contributed by atoms with Gasteiger partial charge in [-0.15, -0.1) is 0 Å². The average Bonchev–Trinajstić information content (AvgIpc) is 2.53. The minimum Gasteiger partial charge on any atom is -0.325 e. The second kappa shape index (κ2) is 7.76. The van der Waals surface area contributed by atoms with Gasteiger partial charge < -0.3 is 10.6 Å². The molecule has 2 rings (SSSR count). The van der Waals surface area contributed by atoms with E-state index in [1.807, 2.05) is 36.4 Å². The third-order valence-electron chi connectivity index (χ3n) is 3.73. The molecule has 116 valence electrons. The quantitative estimate of drug-likeness (QED) is 0.842. The zero-order valence-electron chi connectivity index (χ0n) is 13.5. The van der Waals surface area contributed by atoms with Gasteiger partial charge in [-0.05, 0) is 30.0 Å². The molecule has 0 fully saturated rings. The highest BCUT2D eigenvalue weighted by molar-refractivity contribution is 5.93. The molecular weight excluding hydrogens is 272 g/mol. The summed E-state index contributed by atoms with van der Waals surface area (Å²) in [6, 6.07) is 18.2. The van der Waals surface area contributed by atoms with E-state index in [0.717, 1.165) is 11.3 Å². The Morgan fingerprint density at radius 3 is 2.27 bits per heavy atom. The Morgan fingerprint density at radius 1 is 0.955 bits per heavy atom. The van der Waals surface area contributed by atoms with Crippen molar-refractivity contribution in [2.24, 2.45) is 0 Å². The molecule has 22 heavy (non-hydrogen) atoms. The van der Waals surface area contributed by atoms with Crippen LogP contribution in [0, 0.1) is 0 Å². The van der Waals surface area contributed by atoms with Crippen molar-refractivity contribution in [3.8, 4) is 0 Å². The predicted molar refractivity (Wildman–Crippen MR) is 92.0 cm³/mol. The molecule has 0 unspecified atom stereocenters. The van der Waals surface area contributed by atoms with Crippen LogP contribution in [0.1, 0.15) is 43.9 Å². The normalized spacial score (nSPS) is 12.2. The van der Waals surface area contributed by atoms with Gasteiger partial charge in [0.1, 0.15) is 0 Å². The van der Waals surface area contributed by atoms with E-state index in [4.69, 9.17) is 0 Å². The first kappa shape index (κ1) is 16.2. The van der Waals surface area contributed by atoms with Crippen LogP contribution in [-0.2, 0) is 4.79 Å². The minimum absolute atomic E-state index is 0.0177. The van der Waals surface area contributed by atoms with E-state index in [1.54, 1.807) is 0 Å². The van der Waals surface area contributed by atoms with E-state index >= 15 is 0 Å². The molecule has 0 spiro atoms.